The molecule has 0 bridgehead atoms. The predicted molar refractivity (Wildman–Crippen MR) is 81.1 cm³/mol. The Morgan fingerprint density at radius 1 is 1.19 bits per heavy atom. The van der Waals surface area contributed by atoms with Gasteiger partial charge in [0.15, 0.2) is 0 Å². The molecule has 4 nitrogen and oxygen atoms in total. The maximum absolute atomic E-state index is 12.4. The van der Waals surface area contributed by atoms with Crippen LogP contribution in [0.1, 0.15) is 5.56 Å². The second-order valence-corrected chi connectivity index (χ2v) is 5.82. The highest BCUT2D eigenvalue weighted by molar-refractivity contribution is 7.49. The quantitative estimate of drug-likeness (QED) is 0.496. The molecule has 0 spiro atoms. The third kappa shape index (κ3) is 2.50. The van der Waals surface area contributed by atoms with Gasteiger partial charge in [-0.15, -0.1) is 0 Å². The molecule has 5 heteroatoms. The second-order valence-electron chi connectivity index (χ2n) is 4.54. The van der Waals surface area contributed by atoms with E-state index in [2.05, 4.69) is 6.58 Å². The summed E-state index contributed by atoms with van der Waals surface area (Å²) in [6.07, 6.45) is 1.10. The lowest BCUT2D eigenvalue weighted by molar-refractivity contribution is -0.138. The first-order valence-corrected chi connectivity index (χ1v) is 7.75. The van der Waals surface area contributed by atoms with E-state index in [4.69, 9.17) is 9.26 Å². The number of para-hydroxylation sites is 1. The topological polar surface area (TPSA) is 52.6 Å². The summed E-state index contributed by atoms with van der Waals surface area (Å²) < 4.78 is 22.9. The molecular weight excluding hydrogens is 287 g/mol. The van der Waals surface area contributed by atoms with E-state index in [1.54, 1.807) is 12.1 Å². The van der Waals surface area contributed by atoms with Gasteiger partial charge in [0, 0.05) is 17.2 Å². The maximum Gasteiger partial charge on any atom is 0.330 e. The van der Waals surface area contributed by atoms with E-state index in [9.17, 15) is 9.36 Å². The highest BCUT2D eigenvalue weighted by Crippen LogP contribution is 2.43. The van der Waals surface area contributed by atoms with Crippen molar-refractivity contribution in [1.29, 1.82) is 0 Å². The molecule has 0 radical (unpaired) electrons. The Kier molecular flexibility index (Phi) is 3.63. The molecule has 0 aromatic heterocycles. The number of carbonyl (C=O) groups excluding carboxylic acids is 1. The van der Waals surface area contributed by atoms with Crippen LogP contribution in [0, 0.1) is 0 Å². The number of fused-ring (bicyclic) bond motifs is 3. The molecule has 1 unspecified atom stereocenters. The molecule has 1 atom stereocenters. The van der Waals surface area contributed by atoms with Gasteiger partial charge >= 0.3 is 5.97 Å². The maximum atomic E-state index is 12.4. The predicted octanol–water partition coefficient (Wildman–Crippen LogP) is 3.08. The van der Waals surface area contributed by atoms with Crippen LogP contribution >= 0.6 is 8.03 Å². The largest absolute Gasteiger partial charge is 0.458 e. The van der Waals surface area contributed by atoms with E-state index in [-0.39, 0.29) is 6.61 Å². The minimum atomic E-state index is -2.41. The van der Waals surface area contributed by atoms with Gasteiger partial charge in [-0.2, -0.15) is 0 Å². The minimum absolute atomic E-state index is 0.0515. The van der Waals surface area contributed by atoms with Crippen molar-refractivity contribution in [2.75, 3.05) is 0 Å². The number of benzene rings is 2. The van der Waals surface area contributed by atoms with Crippen molar-refractivity contribution < 1.29 is 18.6 Å². The first-order chi connectivity index (χ1) is 10.2. The molecule has 21 heavy (non-hydrogen) atoms. The molecule has 106 valence electrons. The number of hydrogen-bond acceptors (Lipinski definition) is 4. The fourth-order valence-corrected chi connectivity index (χ4v) is 3.66. The van der Waals surface area contributed by atoms with Crippen molar-refractivity contribution in [3.8, 4) is 16.9 Å². The number of ether oxygens (including phenoxy) is 1. The Bertz CT molecular complexity index is 752. The Balaban J connectivity index is 2.06. The van der Waals surface area contributed by atoms with E-state index in [1.165, 1.54) is 0 Å². The fraction of sp³-hybridized carbons (Fsp3) is 0.0625. The molecule has 0 saturated heterocycles. The molecule has 1 aliphatic heterocycles. The van der Waals surface area contributed by atoms with Gasteiger partial charge in [0.1, 0.15) is 12.4 Å². The van der Waals surface area contributed by atoms with E-state index in [0.29, 0.717) is 16.6 Å². The molecule has 0 saturated carbocycles. The highest BCUT2D eigenvalue weighted by atomic mass is 31.1. The Morgan fingerprint density at radius 3 is 2.76 bits per heavy atom. The van der Waals surface area contributed by atoms with Crippen LogP contribution in [0.5, 0.6) is 5.75 Å². The first kappa shape index (κ1) is 13.7. The summed E-state index contributed by atoms with van der Waals surface area (Å²) in [6.45, 7) is 3.40. The van der Waals surface area contributed by atoms with E-state index < -0.39 is 14.0 Å². The van der Waals surface area contributed by atoms with Gasteiger partial charge in [-0.1, -0.05) is 43.0 Å². The van der Waals surface area contributed by atoms with Gasteiger partial charge in [-0.25, -0.2) is 4.79 Å². The summed E-state index contributed by atoms with van der Waals surface area (Å²) in [5.41, 5.74) is 2.46. The van der Waals surface area contributed by atoms with Crippen molar-refractivity contribution in [2.24, 2.45) is 0 Å². The third-order valence-electron chi connectivity index (χ3n) is 3.27. The zero-order chi connectivity index (χ0) is 14.8. The van der Waals surface area contributed by atoms with Crippen LogP contribution in [0.2, 0.25) is 0 Å². The molecule has 3 rings (SSSR count). The van der Waals surface area contributed by atoms with Gasteiger partial charge in [0.05, 0.1) is 5.30 Å². The number of carbonyl (C=O) groups is 1. The monoisotopic (exact) mass is 300 g/mol. The standard InChI is InChI=1S/C16H13O4P/c1-2-15(17)19-10-11-6-5-8-13-12-7-3-4-9-14(12)20-21(18)16(11)13/h2-9,21H,1,10H2. The van der Waals surface area contributed by atoms with Gasteiger partial charge < -0.3 is 9.26 Å². The fourth-order valence-electron chi connectivity index (χ4n) is 2.32. The summed E-state index contributed by atoms with van der Waals surface area (Å²) in [6, 6.07) is 13.0. The smallest absolute Gasteiger partial charge is 0.330 e. The molecule has 1 aliphatic rings. The van der Waals surface area contributed by atoms with Gasteiger partial charge in [0.25, 0.3) is 8.03 Å². The van der Waals surface area contributed by atoms with E-state index in [0.717, 1.165) is 17.2 Å². The third-order valence-corrected chi connectivity index (χ3v) is 4.68. The van der Waals surface area contributed by atoms with Gasteiger partial charge in [-0.3, -0.25) is 4.57 Å². The van der Waals surface area contributed by atoms with E-state index in [1.807, 2.05) is 30.3 Å². The summed E-state index contributed by atoms with van der Waals surface area (Å²) in [5.74, 6) is 0.110. The van der Waals surface area contributed by atoms with Crippen molar-refractivity contribution >= 4 is 19.3 Å². The van der Waals surface area contributed by atoms with Crippen LogP contribution < -0.4 is 9.83 Å². The Hall–Kier alpha value is -2.32. The summed E-state index contributed by atoms with van der Waals surface area (Å²) in [4.78, 5) is 11.2. The van der Waals surface area contributed by atoms with Crippen molar-refractivity contribution in [1.82, 2.24) is 0 Å². The molecule has 2 aromatic rings. The zero-order valence-electron chi connectivity index (χ0n) is 11.2. The van der Waals surface area contributed by atoms with Crippen molar-refractivity contribution in [3.05, 3.63) is 60.7 Å². The number of esters is 1. The summed E-state index contributed by atoms with van der Waals surface area (Å²) >= 11 is 0. The molecule has 0 N–H and O–H groups in total. The zero-order valence-corrected chi connectivity index (χ0v) is 12.2. The number of hydrogen-bond donors (Lipinski definition) is 0. The number of rotatable bonds is 3. The van der Waals surface area contributed by atoms with Crippen LogP contribution in [0.4, 0.5) is 0 Å². The summed E-state index contributed by atoms with van der Waals surface area (Å²) in [5, 5.41) is 0.623. The summed E-state index contributed by atoms with van der Waals surface area (Å²) in [7, 11) is -2.41. The first-order valence-electron chi connectivity index (χ1n) is 6.43. The minimum Gasteiger partial charge on any atom is -0.458 e. The normalized spacial score (nSPS) is 15.3. The SMILES string of the molecule is C=CC(=O)OCc1cccc2c1[PH](=O)Oc1ccccc1-2. The Morgan fingerprint density at radius 2 is 1.95 bits per heavy atom. The average molecular weight is 300 g/mol. The average Bonchev–Trinajstić information content (AvgIpc) is 2.52. The molecular formula is C16H13O4P. The molecule has 0 amide bonds. The lowest BCUT2D eigenvalue weighted by Crippen LogP contribution is -2.17. The second kappa shape index (κ2) is 5.58. The molecule has 2 aromatic carbocycles. The lowest BCUT2D eigenvalue weighted by Gasteiger charge is -2.22. The van der Waals surface area contributed by atoms with E-state index >= 15 is 0 Å². The van der Waals surface area contributed by atoms with Crippen LogP contribution in [0.3, 0.4) is 0 Å². The molecule has 0 aliphatic carbocycles. The van der Waals surface area contributed by atoms with Gasteiger partial charge in [0.2, 0.25) is 0 Å². The van der Waals surface area contributed by atoms with Crippen molar-refractivity contribution in [3.63, 3.8) is 0 Å². The lowest BCUT2D eigenvalue weighted by atomic mass is 10.0. The van der Waals surface area contributed by atoms with Crippen LogP contribution in [-0.4, -0.2) is 5.97 Å². The van der Waals surface area contributed by atoms with Crippen LogP contribution in [-0.2, 0) is 20.7 Å². The van der Waals surface area contributed by atoms with Crippen molar-refractivity contribution in [2.45, 2.75) is 6.61 Å². The van der Waals surface area contributed by atoms with Crippen LogP contribution in [0.25, 0.3) is 11.1 Å². The van der Waals surface area contributed by atoms with Gasteiger partial charge in [-0.05, 0) is 11.6 Å². The molecule has 1 heterocycles. The molecule has 0 fully saturated rings. The Labute approximate surface area is 122 Å². The highest BCUT2D eigenvalue weighted by Gasteiger charge is 2.25. The van der Waals surface area contributed by atoms with Crippen LogP contribution in [0.15, 0.2) is 55.1 Å².